The minimum absolute atomic E-state index is 0.0819. The van der Waals surface area contributed by atoms with Crippen LogP contribution >= 0.6 is 0 Å². The average molecular weight is 427 g/mol. The molecule has 0 aliphatic carbocycles. The van der Waals surface area contributed by atoms with Crippen molar-refractivity contribution in [2.24, 2.45) is 4.99 Å². The van der Waals surface area contributed by atoms with Gasteiger partial charge in [-0.2, -0.15) is 18.2 Å². The lowest BCUT2D eigenvalue weighted by atomic mass is 10.1. The zero-order valence-electron chi connectivity index (χ0n) is 17.4. The van der Waals surface area contributed by atoms with Crippen LogP contribution in [0.1, 0.15) is 49.5 Å². The van der Waals surface area contributed by atoms with E-state index in [0.29, 0.717) is 49.3 Å². The average Bonchev–Trinajstić information content (AvgIpc) is 3.15. The van der Waals surface area contributed by atoms with Crippen LogP contribution in [0.2, 0.25) is 0 Å². The van der Waals surface area contributed by atoms with Crippen molar-refractivity contribution in [1.29, 1.82) is 0 Å². The highest BCUT2D eigenvalue weighted by Gasteiger charge is 2.27. The molecule has 166 valence electrons. The van der Waals surface area contributed by atoms with Crippen LogP contribution in [0.25, 0.3) is 0 Å². The summed E-state index contributed by atoms with van der Waals surface area (Å²) in [4.78, 5) is 8.86. The Kier molecular flexibility index (Phi) is 9.10. The van der Waals surface area contributed by atoms with Gasteiger partial charge in [-0.1, -0.05) is 43.3 Å². The van der Waals surface area contributed by atoms with E-state index < -0.39 is 12.8 Å². The molecular formula is C20H28F3N5O2. The fraction of sp³-hybridized carbons (Fsp3) is 0.550. The third-order valence-corrected chi connectivity index (χ3v) is 3.95. The van der Waals surface area contributed by atoms with Gasteiger partial charge in [0.1, 0.15) is 6.61 Å². The monoisotopic (exact) mass is 427 g/mol. The van der Waals surface area contributed by atoms with Crippen molar-refractivity contribution in [3.8, 4) is 0 Å². The van der Waals surface area contributed by atoms with Crippen LogP contribution in [0.3, 0.4) is 0 Å². The first-order valence-electron chi connectivity index (χ1n) is 9.83. The lowest BCUT2D eigenvalue weighted by molar-refractivity contribution is -0.176. The Morgan fingerprint density at radius 2 is 1.87 bits per heavy atom. The van der Waals surface area contributed by atoms with Crippen molar-refractivity contribution in [3.05, 3.63) is 47.1 Å². The van der Waals surface area contributed by atoms with Crippen LogP contribution in [0, 0.1) is 0 Å². The maximum absolute atomic E-state index is 12.1. The third kappa shape index (κ3) is 8.81. The standard InChI is InChI=1S/C20H28F3N5O2/c1-4-24-19(25-10-9-17-27-18(14(2)3)28-30-17)26-11-15-5-7-16(8-6-15)12-29-13-20(21,22)23/h5-8,14H,4,9-13H2,1-3H3,(H2,24,25,26). The van der Waals surface area contributed by atoms with Gasteiger partial charge in [0.25, 0.3) is 0 Å². The summed E-state index contributed by atoms with van der Waals surface area (Å²) in [5.41, 5.74) is 1.61. The Morgan fingerprint density at radius 3 is 2.47 bits per heavy atom. The topological polar surface area (TPSA) is 84.6 Å². The number of nitrogens with zero attached hydrogens (tertiary/aromatic N) is 3. The van der Waals surface area contributed by atoms with Crippen LogP contribution in [-0.4, -0.2) is 42.0 Å². The molecule has 0 amide bonds. The minimum atomic E-state index is -4.31. The Hall–Kier alpha value is -2.62. The second-order valence-corrected chi connectivity index (χ2v) is 7.00. The number of alkyl halides is 3. The Morgan fingerprint density at radius 1 is 1.17 bits per heavy atom. The predicted molar refractivity (Wildman–Crippen MR) is 107 cm³/mol. The zero-order valence-corrected chi connectivity index (χ0v) is 17.4. The van der Waals surface area contributed by atoms with E-state index >= 15 is 0 Å². The molecule has 0 aliphatic heterocycles. The summed E-state index contributed by atoms with van der Waals surface area (Å²) >= 11 is 0. The molecule has 0 saturated carbocycles. The van der Waals surface area contributed by atoms with Crippen LogP contribution < -0.4 is 10.6 Å². The highest BCUT2D eigenvalue weighted by molar-refractivity contribution is 5.79. The number of guanidine groups is 1. The van der Waals surface area contributed by atoms with Gasteiger partial charge in [0, 0.05) is 25.4 Å². The van der Waals surface area contributed by atoms with Crippen LogP contribution in [0.4, 0.5) is 13.2 Å². The number of aromatic nitrogens is 2. The summed E-state index contributed by atoms with van der Waals surface area (Å²) in [6, 6.07) is 7.13. The molecule has 0 saturated heterocycles. The first kappa shape index (κ1) is 23.7. The fourth-order valence-corrected chi connectivity index (χ4v) is 2.43. The van der Waals surface area contributed by atoms with Crippen molar-refractivity contribution in [3.63, 3.8) is 0 Å². The summed E-state index contributed by atoms with van der Waals surface area (Å²) in [5, 5.41) is 10.3. The van der Waals surface area contributed by atoms with Gasteiger partial charge in [-0.3, -0.25) is 0 Å². The maximum Gasteiger partial charge on any atom is 0.411 e. The second kappa shape index (κ2) is 11.5. The normalized spacial score (nSPS) is 12.4. The summed E-state index contributed by atoms with van der Waals surface area (Å²) in [5.74, 6) is 2.14. The SMILES string of the molecule is CCNC(=NCc1ccc(COCC(F)(F)F)cc1)NCCc1nc(C(C)C)no1. The molecule has 10 heteroatoms. The van der Waals surface area contributed by atoms with Gasteiger partial charge in [-0.25, -0.2) is 4.99 Å². The van der Waals surface area contributed by atoms with E-state index in [0.717, 1.165) is 5.56 Å². The molecule has 7 nitrogen and oxygen atoms in total. The molecule has 1 heterocycles. The quantitative estimate of drug-likeness (QED) is 0.446. The molecule has 0 aliphatic rings. The molecule has 2 aromatic rings. The van der Waals surface area contributed by atoms with Gasteiger partial charge in [-0.15, -0.1) is 0 Å². The molecule has 0 fully saturated rings. The molecular weight excluding hydrogens is 399 g/mol. The third-order valence-electron chi connectivity index (χ3n) is 3.95. The lowest BCUT2D eigenvalue weighted by Gasteiger charge is -2.10. The molecule has 0 unspecified atom stereocenters. The number of aliphatic imine (C=N–C) groups is 1. The summed E-state index contributed by atoms with van der Waals surface area (Å²) in [6.07, 6.45) is -3.73. The van der Waals surface area contributed by atoms with Gasteiger partial charge in [0.2, 0.25) is 5.89 Å². The highest BCUT2D eigenvalue weighted by atomic mass is 19.4. The largest absolute Gasteiger partial charge is 0.411 e. The van der Waals surface area contributed by atoms with Crippen LogP contribution in [0.15, 0.2) is 33.8 Å². The predicted octanol–water partition coefficient (Wildman–Crippen LogP) is 3.57. The summed E-state index contributed by atoms with van der Waals surface area (Å²) in [7, 11) is 0. The number of rotatable bonds is 10. The van der Waals surface area contributed by atoms with Crippen molar-refractivity contribution in [2.45, 2.75) is 52.4 Å². The molecule has 0 bridgehead atoms. The first-order valence-corrected chi connectivity index (χ1v) is 9.83. The van der Waals surface area contributed by atoms with Crippen molar-refractivity contribution in [1.82, 2.24) is 20.8 Å². The van der Waals surface area contributed by atoms with E-state index in [4.69, 9.17) is 4.52 Å². The number of ether oxygens (including phenoxy) is 1. The van der Waals surface area contributed by atoms with Gasteiger partial charge in [-0.05, 0) is 18.1 Å². The minimum Gasteiger partial charge on any atom is -0.367 e. The van der Waals surface area contributed by atoms with E-state index in [1.54, 1.807) is 12.1 Å². The molecule has 0 spiro atoms. The second-order valence-electron chi connectivity index (χ2n) is 7.00. The van der Waals surface area contributed by atoms with E-state index in [-0.39, 0.29) is 12.5 Å². The van der Waals surface area contributed by atoms with Crippen LogP contribution in [0.5, 0.6) is 0 Å². The van der Waals surface area contributed by atoms with Crippen molar-refractivity contribution >= 4 is 5.96 Å². The molecule has 1 aromatic heterocycles. The van der Waals surface area contributed by atoms with E-state index in [1.165, 1.54) is 0 Å². The van der Waals surface area contributed by atoms with Crippen molar-refractivity contribution in [2.75, 3.05) is 19.7 Å². The Labute approximate surface area is 174 Å². The maximum atomic E-state index is 12.1. The number of halogens is 3. The zero-order chi connectivity index (χ0) is 22.0. The van der Waals surface area contributed by atoms with E-state index in [1.807, 2.05) is 32.9 Å². The number of hydrogen-bond donors (Lipinski definition) is 2. The highest BCUT2D eigenvalue weighted by Crippen LogP contribution is 2.16. The molecule has 2 N–H and O–H groups in total. The van der Waals surface area contributed by atoms with Gasteiger partial charge in [0.15, 0.2) is 11.8 Å². The van der Waals surface area contributed by atoms with Gasteiger partial charge < -0.3 is 19.9 Å². The summed E-state index contributed by atoms with van der Waals surface area (Å²) < 4.78 is 46.2. The first-order chi connectivity index (χ1) is 14.3. The number of nitrogens with one attached hydrogen (secondary N) is 2. The van der Waals surface area contributed by atoms with Gasteiger partial charge in [0.05, 0.1) is 13.2 Å². The van der Waals surface area contributed by atoms with Gasteiger partial charge >= 0.3 is 6.18 Å². The Balaban J connectivity index is 1.81. The lowest BCUT2D eigenvalue weighted by Crippen LogP contribution is -2.38. The number of hydrogen-bond acceptors (Lipinski definition) is 5. The molecule has 1 aromatic carbocycles. The summed E-state index contributed by atoms with van der Waals surface area (Å²) in [6.45, 7) is 6.37. The fourth-order valence-electron chi connectivity index (χ4n) is 2.43. The molecule has 30 heavy (non-hydrogen) atoms. The number of benzene rings is 1. The molecule has 0 atom stereocenters. The Bertz CT molecular complexity index is 788. The molecule has 0 radical (unpaired) electrons. The van der Waals surface area contributed by atoms with E-state index in [9.17, 15) is 13.2 Å². The van der Waals surface area contributed by atoms with Crippen LogP contribution in [-0.2, 0) is 24.3 Å². The van der Waals surface area contributed by atoms with Crippen molar-refractivity contribution < 1.29 is 22.4 Å². The van der Waals surface area contributed by atoms with E-state index in [2.05, 4.69) is 30.5 Å². The molecule has 2 rings (SSSR count). The smallest absolute Gasteiger partial charge is 0.367 e.